The van der Waals surface area contributed by atoms with E-state index in [1.807, 2.05) is 0 Å². The number of rotatable bonds is 10. The van der Waals surface area contributed by atoms with Crippen molar-refractivity contribution in [1.29, 1.82) is 0 Å². The highest BCUT2D eigenvalue weighted by Crippen LogP contribution is 2.16. The predicted octanol–water partition coefficient (Wildman–Crippen LogP) is 5.52. The van der Waals surface area contributed by atoms with E-state index >= 15 is 0 Å². The zero-order chi connectivity index (χ0) is 10.6. The average molecular weight is 284 g/mol. The molecule has 14 heavy (non-hydrogen) atoms. The third-order valence-electron chi connectivity index (χ3n) is 2.52. The molecule has 0 radical (unpaired) electrons. The summed E-state index contributed by atoms with van der Waals surface area (Å²) in [7, 11) is 0. The molecule has 0 nitrogen and oxygen atoms in total. The summed E-state index contributed by atoms with van der Waals surface area (Å²) in [5.41, 5.74) is 0. The Kier molecular flexibility index (Phi) is 12.5. The summed E-state index contributed by atoms with van der Waals surface area (Å²) in [6.45, 7) is 2.24. The van der Waals surface area contributed by atoms with E-state index in [2.05, 4.69) is 22.9 Å². The molecule has 2 heteroatoms. The Bertz CT molecular complexity index is 106. The van der Waals surface area contributed by atoms with Crippen LogP contribution in [0, 0.1) is 0 Å². The largest absolute Gasteiger partial charge is 0.123 e. The molecule has 1 unspecified atom stereocenters. The summed E-state index contributed by atoms with van der Waals surface area (Å²) < 4.78 is 0. The first-order valence-corrected chi connectivity index (χ1v) is 7.57. The first-order chi connectivity index (χ1) is 6.81. The first-order valence-electron chi connectivity index (χ1n) is 6.01. The average Bonchev–Trinajstić information content (AvgIpc) is 2.18. The van der Waals surface area contributed by atoms with Crippen LogP contribution in [0.1, 0.15) is 64.7 Å². The van der Waals surface area contributed by atoms with Gasteiger partial charge in [0.05, 0.1) is 0 Å². The predicted molar refractivity (Wildman–Crippen MR) is 70.7 cm³/mol. The SMILES string of the molecule is CCCCCC(Cl)CCCCCCBr. The molecule has 0 bridgehead atoms. The third-order valence-corrected chi connectivity index (χ3v) is 3.52. The summed E-state index contributed by atoms with van der Waals surface area (Å²) in [6, 6.07) is 0. The molecule has 0 fully saturated rings. The Morgan fingerprint density at radius 3 is 2.07 bits per heavy atom. The van der Waals surface area contributed by atoms with Crippen molar-refractivity contribution in [2.24, 2.45) is 0 Å². The van der Waals surface area contributed by atoms with Crippen molar-refractivity contribution in [2.75, 3.05) is 5.33 Å². The normalized spacial score (nSPS) is 13.1. The topological polar surface area (TPSA) is 0 Å². The summed E-state index contributed by atoms with van der Waals surface area (Å²) in [5.74, 6) is 0. The minimum atomic E-state index is 0.436. The van der Waals surface area contributed by atoms with E-state index < -0.39 is 0 Å². The second kappa shape index (κ2) is 11.8. The second-order valence-corrected chi connectivity index (χ2v) is 5.40. The van der Waals surface area contributed by atoms with E-state index in [-0.39, 0.29) is 0 Å². The second-order valence-electron chi connectivity index (χ2n) is 3.98. The molecule has 0 aromatic carbocycles. The number of unbranched alkanes of at least 4 members (excludes halogenated alkanes) is 5. The van der Waals surface area contributed by atoms with E-state index in [0.717, 1.165) is 5.33 Å². The number of halogens is 2. The molecule has 0 saturated heterocycles. The highest BCUT2D eigenvalue weighted by Gasteiger charge is 2.03. The fourth-order valence-electron chi connectivity index (χ4n) is 1.57. The van der Waals surface area contributed by atoms with Gasteiger partial charge in [-0.25, -0.2) is 0 Å². The summed E-state index contributed by atoms with van der Waals surface area (Å²) in [4.78, 5) is 0. The highest BCUT2D eigenvalue weighted by atomic mass is 79.9. The van der Waals surface area contributed by atoms with Gasteiger partial charge in [0.25, 0.3) is 0 Å². The maximum absolute atomic E-state index is 6.22. The highest BCUT2D eigenvalue weighted by molar-refractivity contribution is 9.09. The Labute approximate surface area is 103 Å². The van der Waals surface area contributed by atoms with Gasteiger partial charge >= 0.3 is 0 Å². The van der Waals surface area contributed by atoms with E-state index in [9.17, 15) is 0 Å². The maximum Gasteiger partial charge on any atom is 0.0336 e. The fraction of sp³-hybridized carbons (Fsp3) is 1.00. The maximum atomic E-state index is 6.22. The number of hydrogen-bond acceptors (Lipinski definition) is 0. The minimum absolute atomic E-state index is 0.436. The van der Waals surface area contributed by atoms with Crippen molar-refractivity contribution in [3.63, 3.8) is 0 Å². The van der Waals surface area contributed by atoms with Gasteiger partial charge in [-0.3, -0.25) is 0 Å². The molecule has 0 heterocycles. The lowest BCUT2D eigenvalue weighted by atomic mass is 10.1. The van der Waals surface area contributed by atoms with Crippen LogP contribution in [0.5, 0.6) is 0 Å². The fourth-order valence-corrected chi connectivity index (χ4v) is 2.28. The van der Waals surface area contributed by atoms with Crippen molar-refractivity contribution in [3.8, 4) is 0 Å². The van der Waals surface area contributed by atoms with Gasteiger partial charge in [-0.05, 0) is 19.3 Å². The molecule has 0 spiro atoms. The van der Waals surface area contributed by atoms with Gasteiger partial charge in [0.2, 0.25) is 0 Å². The Balaban J connectivity index is 3.06. The molecule has 0 N–H and O–H groups in total. The first kappa shape index (κ1) is 14.8. The molecule has 86 valence electrons. The number of hydrogen-bond donors (Lipinski definition) is 0. The third kappa shape index (κ3) is 10.8. The molecule has 0 aliphatic rings. The van der Waals surface area contributed by atoms with Gasteiger partial charge < -0.3 is 0 Å². The molecule has 0 aromatic rings. The lowest BCUT2D eigenvalue weighted by Gasteiger charge is -2.08. The standard InChI is InChI=1S/C12H24BrCl/c1-2-3-6-9-12(14)10-7-4-5-8-11-13/h12H,2-11H2,1H3. The molecule has 0 aromatic heterocycles. The zero-order valence-electron chi connectivity index (χ0n) is 9.40. The van der Waals surface area contributed by atoms with Crippen LogP contribution in [0.25, 0.3) is 0 Å². The quantitative estimate of drug-likeness (QED) is 0.366. The summed E-state index contributed by atoms with van der Waals surface area (Å²) in [5, 5.41) is 1.58. The van der Waals surface area contributed by atoms with E-state index in [1.54, 1.807) is 0 Å². The van der Waals surface area contributed by atoms with Gasteiger partial charge in [0, 0.05) is 10.7 Å². The van der Waals surface area contributed by atoms with Gasteiger partial charge in [0.1, 0.15) is 0 Å². The molecule has 0 rings (SSSR count). The summed E-state index contributed by atoms with van der Waals surface area (Å²) >= 11 is 9.67. The lowest BCUT2D eigenvalue weighted by molar-refractivity contribution is 0.569. The van der Waals surface area contributed by atoms with Gasteiger partial charge in [-0.15, -0.1) is 11.6 Å². The van der Waals surface area contributed by atoms with Crippen LogP contribution in [0.4, 0.5) is 0 Å². The number of alkyl halides is 2. The monoisotopic (exact) mass is 282 g/mol. The van der Waals surface area contributed by atoms with E-state index in [4.69, 9.17) is 11.6 Å². The minimum Gasteiger partial charge on any atom is -0.123 e. The molecule has 1 atom stereocenters. The van der Waals surface area contributed by atoms with Crippen LogP contribution in [-0.2, 0) is 0 Å². The zero-order valence-corrected chi connectivity index (χ0v) is 11.7. The van der Waals surface area contributed by atoms with Crippen molar-refractivity contribution >= 4 is 27.5 Å². The Hall–Kier alpha value is 0.770. The van der Waals surface area contributed by atoms with Crippen molar-refractivity contribution in [1.82, 2.24) is 0 Å². The van der Waals surface area contributed by atoms with Crippen LogP contribution in [0.3, 0.4) is 0 Å². The van der Waals surface area contributed by atoms with Crippen molar-refractivity contribution in [3.05, 3.63) is 0 Å². The molecule has 0 aliphatic heterocycles. The van der Waals surface area contributed by atoms with Crippen molar-refractivity contribution < 1.29 is 0 Å². The summed E-state index contributed by atoms with van der Waals surface area (Å²) in [6.07, 6.45) is 11.7. The van der Waals surface area contributed by atoms with Gasteiger partial charge in [0.15, 0.2) is 0 Å². The van der Waals surface area contributed by atoms with E-state index in [0.29, 0.717) is 5.38 Å². The van der Waals surface area contributed by atoms with Crippen LogP contribution < -0.4 is 0 Å². The van der Waals surface area contributed by atoms with Crippen LogP contribution in [0.2, 0.25) is 0 Å². The van der Waals surface area contributed by atoms with E-state index in [1.165, 1.54) is 57.8 Å². The molecular weight excluding hydrogens is 259 g/mol. The molecule has 0 aliphatic carbocycles. The molecule has 0 saturated carbocycles. The van der Waals surface area contributed by atoms with Crippen molar-refractivity contribution in [2.45, 2.75) is 70.1 Å². The van der Waals surface area contributed by atoms with Gasteiger partial charge in [-0.2, -0.15) is 0 Å². The van der Waals surface area contributed by atoms with Crippen LogP contribution in [0.15, 0.2) is 0 Å². The van der Waals surface area contributed by atoms with Crippen LogP contribution >= 0.6 is 27.5 Å². The molecule has 0 amide bonds. The van der Waals surface area contributed by atoms with Crippen LogP contribution in [-0.4, -0.2) is 10.7 Å². The smallest absolute Gasteiger partial charge is 0.0336 e. The Morgan fingerprint density at radius 1 is 0.929 bits per heavy atom. The lowest BCUT2D eigenvalue weighted by Crippen LogP contribution is -1.98. The Morgan fingerprint density at radius 2 is 1.50 bits per heavy atom. The molecular formula is C12H24BrCl. The van der Waals surface area contributed by atoms with Gasteiger partial charge in [-0.1, -0.05) is 61.4 Å².